The zero-order chi connectivity index (χ0) is 17.2. The lowest BCUT2D eigenvalue weighted by Gasteiger charge is -2.09. The number of fused-ring (bicyclic) bond motifs is 1. The van der Waals surface area contributed by atoms with Crippen molar-refractivity contribution >= 4 is 11.0 Å². The number of benzene rings is 1. The molecule has 25 heavy (non-hydrogen) atoms. The summed E-state index contributed by atoms with van der Waals surface area (Å²) in [5.41, 5.74) is 4.57. The van der Waals surface area contributed by atoms with E-state index in [4.69, 9.17) is 4.74 Å². The number of hydrogen-bond acceptors (Lipinski definition) is 3. The summed E-state index contributed by atoms with van der Waals surface area (Å²) in [7, 11) is 0. The van der Waals surface area contributed by atoms with Gasteiger partial charge in [0.25, 0.3) is 0 Å². The van der Waals surface area contributed by atoms with Gasteiger partial charge in [0.2, 0.25) is 0 Å². The normalized spacial score (nSPS) is 10.9. The first-order chi connectivity index (χ1) is 12.3. The Balaban J connectivity index is 1.88. The molecule has 4 aromatic rings. The number of rotatable bonds is 4. The number of H-pyrrole nitrogens is 1. The molecule has 1 aromatic carbocycles. The summed E-state index contributed by atoms with van der Waals surface area (Å²) in [6.45, 7) is 2.58. The Kier molecular flexibility index (Phi) is 3.82. The van der Waals surface area contributed by atoms with Crippen LogP contribution in [0.5, 0.6) is 5.75 Å². The van der Waals surface area contributed by atoms with E-state index < -0.39 is 0 Å². The summed E-state index contributed by atoms with van der Waals surface area (Å²) in [5.74, 6) is 0.841. The number of pyridine rings is 2. The van der Waals surface area contributed by atoms with Crippen molar-refractivity contribution in [1.29, 1.82) is 0 Å². The molecule has 124 valence electrons. The van der Waals surface area contributed by atoms with Gasteiger partial charge in [-0.3, -0.25) is 0 Å². The first-order valence-corrected chi connectivity index (χ1v) is 8.15. The van der Waals surface area contributed by atoms with Crippen LogP contribution in [0.15, 0.2) is 67.3 Å². The van der Waals surface area contributed by atoms with Crippen LogP contribution in [-0.4, -0.2) is 16.6 Å². The van der Waals surface area contributed by atoms with Crippen LogP contribution in [0.1, 0.15) is 6.92 Å². The van der Waals surface area contributed by atoms with Crippen molar-refractivity contribution in [3.05, 3.63) is 72.5 Å². The van der Waals surface area contributed by atoms with Crippen LogP contribution >= 0.6 is 0 Å². The maximum Gasteiger partial charge on any atom is 0.188 e. The molecule has 0 spiro atoms. The van der Waals surface area contributed by atoms with Gasteiger partial charge >= 0.3 is 0 Å². The van der Waals surface area contributed by atoms with Gasteiger partial charge in [-0.1, -0.05) is 18.2 Å². The van der Waals surface area contributed by atoms with E-state index in [2.05, 4.69) is 9.97 Å². The second-order valence-corrected chi connectivity index (χ2v) is 5.70. The predicted molar refractivity (Wildman–Crippen MR) is 97.1 cm³/mol. The number of nitrogens with one attached hydrogen (secondary N) is 1. The van der Waals surface area contributed by atoms with Crippen LogP contribution in [0.25, 0.3) is 33.3 Å². The molecular formula is C20H17N3O2. The number of ether oxygens (including phenoxy) is 1. The van der Waals surface area contributed by atoms with Crippen LogP contribution in [0.2, 0.25) is 0 Å². The molecule has 0 aliphatic carbocycles. The molecule has 0 radical (unpaired) electrons. The van der Waals surface area contributed by atoms with Crippen molar-refractivity contribution in [1.82, 2.24) is 9.97 Å². The Morgan fingerprint density at radius 2 is 2.00 bits per heavy atom. The Bertz CT molecular complexity index is 1040. The summed E-state index contributed by atoms with van der Waals surface area (Å²) in [6.07, 6.45) is 6.73. The highest BCUT2D eigenvalue weighted by Crippen LogP contribution is 2.35. The minimum atomic E-state index is 0.608. The third kappa shape index (κ3) is 2.80. The van der Waals surface area contributed by atoms with Crippen LogP contribution in [-0.2, 0) is 0 Å². The first kappa shape index (κ1) is 15.2. The van der Waals surface area contributed by atoms with Crippen molar-refractivity contribution in [2.24, 2.45) is 0 Å². The van der Waals surface area contributed by atoms with E-state index in [0.717, 1.165) is 43.8 Å². The van der Waals surface area contributed by atoms with Gasteiger partial charge in [0.05, 0.1) is 6.61 Å². The first-order valence-electron chi connectivity index (χ1n) is 8.15. The standard InChI is InChI=1S/C20H17N3O2/c1-2-25-19-8-4-3-7-16(19)18-12-22-20-17(18)10-15(11-21-20)14-6-5-9-23(24)13-14/h3-13H,2H2,1H3,(H,21,22). The smallest absolute Gasteiger partial charge is 0.188 e. The largest absolute Gasteiger partial charge is 0.619 e. The number of nitrogens with zero attached hydrogens (tertiary/aromatic N) is 2. The third-order valence-corrected chi connectivity index (χ3v) is 4.12. The van der Waals surface area contributed by atoms with E-state index >= 15 is 0 Å². The Morgan fingerprint density at radius 1 is 1.12 bits per heavy atom. The van der Waals surface area contributed by atoms with Crippen molar-refractivity contribution < 1.29 is 9.47 Å². The molecule has 4 rings (SSSR count). The van der Waals surface area contributed by atoms with Gasteiger partial charge in [-0.15, -0.1) is 0 Å². The number of hydrogen-bond donors (Lipinski definition) is 1. The molecule has 0 atom stereocenters. The van der Waals surface area contributed by atoms with E-state index in [9.17, 15) is 5.21 Å². The number of para-hydroxylation sites is 1. The van der Waals surface area contributed by atoms with Gasteiger partial charge in [0.15, 0.2) is 12.4 Å². The maximum atomic E-state index is 11.6. The molecule has 1 N–H and O–H groups in total. The van der Waals surface area contributed by atoms with Gasteiger partial charge in [-0.25, -0.2) is 4.98 Å². The molecular weight excluding hydrogens is 314 g/mol. The molecule has 0 aliphatic rings. The van der Waals surface area contributed by atoms with Crippen LogP contribution < -0.4 is 9.47 Å². The van der Waals surface area contributed by atoms with Gasteiger partial charge in [0.1, 0.15) is 11.4 Å². The fourth-order valence-electron chi connectivity index (χ4n) is 2.98. The lowest BCUT2D eigenvalue weighted by molar-refractivity contribution is -0.604. The molecule has 0 aliphatic heterocycles. The fraction of sp³-hybridized carbons (Fsp3) is 0.100. The Morgan fingerprint density at radius 3 is 2.84 bits per heavy atom. The molecule has 5 nitrogen and oxygen atoms in total. The second-order valence-electron chi connectivity index (χ2n) is 5.70. The molecule has 3 heterocycles. The highest BCUT2D eigenvalue weighted by atomic mass is 16.5. The molecule has 0 saturated heterocycles. The van der Waals surface area contributed by atoms with Crippen LogP contribution in [0.3, 0.4) is 0 Å². The molecule has 0 fully saturated rings. The monoisotopic (exact) mass is 331 g/mol. The number of aromatic nitrogens is 3. The zero-order valence-electron chi connectivity index (χ0n) is 13.8. The van der Waals surface area contributed by atoms with Crippen molar-refractivity contribution in [2.75, 3.05) is 6.61 Å². The summed E-state index contributed by atoms with van der Waals surface area (Å²) < 4.78 is 6.55. The van der Waals surface area contributed by atoms with Gasteiger partial charge in [0, 0.05) is 46.1 Å². The van der Waals surface area contributed by atoms with Gasteiger partial charge in [-0.05, 0) is 25.1 Å². The highest BCUT2D eigenvalue weighted by Gasteiger charge is 2.13. The minimum Gasteiger partial charge on any atom is -0.619 e. The van der Waals surface area contributed by atoms with E-state index in [1.54, 1.807) is 18.5 Å². The molecule has 5 heteroatoms. The Labute approximate surface area is 145 Å². The topological polar surface area (TPSA) is 64.8 Å². The maximum absolute atomic E-state index is 11.6. The average Bonchev–Trinajstić information content (AvgIpc) is 3.05. The zero-order valence-corrected chi connectivity index (χ0v) is 13.8. The van der Waals surface area contributed by atoms with E-state index in [-0.39, 0.29) is 0 Å². The highest BCUT2D eigenvalue weighted by molar-refractivity contribution is 5.97. The molecule has 0 unspecified atom stereocenters. The molecule has 3 aromatic heterocycles. The summed E-state index contributed by atoms with van der Waals surface area (Å²) >= 11 is 0. The van der Waals surface area contributed by atoms with E-state index in [0.29, 0.717) is 6.61 Å². The predicted octanol–water partition coefficient (Wildman–Crippen LogP) is 3.93. The van der Waals surface area contributed by atoms with Gasteiger partial charge < -0.3 is 14.9 Å². The van der Waals surface area contributed by atoms with Crippen LogP contribution in [0.4, 0.5) is 0 Å². The molecule has 0 bridgehead atoms. The summed E-state index contributed by atoms with van der Waals surface area (Å²) in [5, 5.41) is 12.5. The van der Waals surface area contributed by atoms with E-state index in [1.807, 2.05) is 49.5 Å². The summed E-state index contributed by atoms with van der Waals surface area (Å²) in [6, 6.07) is 13.6. The second kappa shape index (κ2) is 6.28. The fourth-order valence-corrected chi connectivity index (χ4v) is 2.98. The average molecular weight is 331 g/mol. The van der Waals surface area contributed by atoms with Crippen LogP contribution in [0, 0.1) is 5.21 Å². The SMILES string of the molecule is CCOc1ccccc1-c1c[nH]c2ncc(-c3ccc[n+]([O-])c3)cc12. The van der Waals surface area contributed by atoms with Gasteiger partial charge in [-0.2, -0.15) is 4.73 Å². The number of aromatic amines is 1. The summed E-state index contributed by atoms with van der Waals surface area (Å²) in [4.78, 5) is 7.71. The third-order valence-electron chi connectivity index (χ3n) is 4.12. The molecule has 0 saturated carbocycles. The minimum absolute atomic E-state index is 0.608. The molecule has 0 amide bonds. The lowest BCUT2D eigenvalue weighted by Crippen LogP contribution is -2.23. The Hall–Kier alpha value is -3.34. The van der Waals surface area contributed by atoms with Crippen molar-refractivity contribution in [3.63, 3.8) is 0 Å². The van der Waals surface area contributed by atoms with Crippen molar-refractivity contribution in [2.45, 2.75) is 6.92 Å². The quantitative estimate of drug-likeness (QED) is 0.455. The van der Waals surface area contributed by atoms with E-state index in [1.165, 1.54) is 6.20 Å². The van der Waals surface area contributed by atoms with Crippen molar-refractivity contribution in [3.8, 4) is 28.0 Å². The lowest BCUT2D eigenvalue weighted by atomic mass is 10.0.